The van der Waals surface area contributed by atoms with Crippen LogP contribution in [0, 0.1) is 5.41 Å². The highest BCUT2D eigenvalue weighted by molar-refractivity contribution is 6.35. The number of benzene rings is 1. The van der Waals surface area contributed by atoms with Crippen LogP contribution in [0.1, 0.15) is 32.8 Å². The van der Waals surface area contributed by atoms with Crippen molar-refractivity contribution in [2.75, 3.05) is 0 Å². The monoisotopic (exact) mass is 235 g/mol. The molecular weight excluding hydrogens is 218 g/mol. The average Bonchev–Trinajstić information content (AvgIpc) is 2.58. The van der Waals surface area contributed by atoms with Crippen LogP contribution in [0.4, 0.5) is 0 Å². The summed E-state index contributed by atoms with van der Waals surface area (Å²) in [6.07, 6.45) is 4.37. The first-order chi connectivity index (χ1) is 7.47. The van der Waals surface area contributed by atoms with Crippen molar-refractivity contribution in [2.24, 2.45) is 5.41 Å². The number of halogens is 1. The van der Waals surface area contributed by atoms with Gasteiger partial charge in [-0.1, -0.05) is 44.5 Å². The zero-order valence-corrected chi connectivity index (χ0v) is 10.9. The van der Waals surface area contributed by atoms with Crippen LogP contribution in [0.15, 0.2) is 24.4 Å². The predicted octanol–water partition coefficient (Wildman–Crippen LogP) is 4.80. The number of hydrogen-bond acceptors (Lipinski definition) is 0. The van der Waals surface area contributed by atoms with Crippen LogP contribution >= 0.6 is 11.6 Å². The lowest BCUT2D eigenvalue weighted by molar-refractivity contribution is 0.379. The topological polar surface area (TPSA) is 15.8 Å². The van der Waals surface area contributed by atoms with Gasteiger partial charge >= 0.3 is 0 Å². The van der Waals surface area contributed by atoms with Gasteiger partial charge in [0.05, 0.1) is 10.5 Å². The van der Waals surface area contributed by atoms with Crippen LogP contribution in [0.5, 0.6) is 0 Å². The highest BCUT2D eigenvalue weighted by Gasteiger charge is 2.12. The fourth-order valence-corrected chi connectivity index (χ4v) is 2.12. The van der Waals surface area contributed by atoms with Gasteiger partial charge in [0, 0.05) is 11.6 Å². The number of aryl methyl sites for hydroxylation is 1. The molecule has 0 fully saturated rings. The molecule has 0 aliphatic carbocycles. The zero-order chi connectivity index (χ0) is 11.8. The Morgan fingerprint density at radius 1 is 1.25 bits per heavy atom. The van der Waals surface area contributed by atoms with Crippen LogP contribution in [-0.2, 0) is 6.42 Å². The van der Waals surface area contributed by atoms with E-state index in [4.69, 9.17) is 11.6 Å². The molecule has 86 valence electrons. The lowest BCUT2D eigenvalue weighted by Crippen LogP contribution is -2.05. The van der Waals surface area contributed by atoms with E-state index in [0.29, 0.717) is 5.41 Å². The Bertz CT molecular complexity index is 491. The molecule has 2 heteroatoms. The van der Waals surface area contributed by atoms with Crippen LogP contribution < -0.4 is 0 Å². The zero-order valence-electron chi connectivity index (χ0n) is 10.1. The van der Waals surface area contributed by atoms with E-state index in [0.717, 1.165) is 17.0 Å². The van der Waals surface area contributed by atoms with Gasteiger partial charge in [-0.25, -0.2) is 0 Å². The Balaban J connectivity index is 2.29. The molecule has 0 saturated carbocycles. The molecule has 0 bridgehead atoms. The van der Waals surface area contributed by atoms with Crippen molar-refractivity contribution in [2.45, 2.75) is 33.6 Å². The normalized spacial score (nSPS) is 12.2. The number of aromatic nitrogens is 1. The van der Waals surface area contributed by atoms with Crippen LogP contribution in [0.3, 0.4) is 0 Å². The minimum absolute atomic E-state index is 0.377. The lowest BCUT2D eigenvalue weighted by atomic mass is 9.89. The Hall–Kier alpha value is -0.950. The van der Waals surface area contributed by atoms with E-state index in [2.05, 4.69) is 38.0 Å². The molecule has 2 aromatic rings. The maximum Gasteiger partial charge on any atom is 0.0647 e. The molecule has 0 unspecified atom stereocenters. The van der Waals surface area contributed by atoms with Crippen LogP contribution in [0.2, 0.25) is 5.02 Å². The SMILES string of the molecule is CC(C)(C)CCc1c[nH]c2c(Cl)cccc12. The van der Waals surface area contributed by atoms with Gasteiger partial charge in [-0.05, 0) is 29.9 Å². The van der Waals surface area contributed by atoms with Crippen molar-refractivity contribution in [1.82, 2.24) is 4.98 Å². The van der Waals surface area contributed by atoms with Crippen molar-refractivity contribution >= 4 is 22.5 Å². The number of H-pyrrole nitrogens is 1. The van der Waals surface area contributed by atoms with Gasteiger partial charge in [0.25, 0.3) is 0 Å². The van der Waals surface area contributed by atoms with E-state index in [-0.39, 0.29) is 0 Å². The summed E-state index contributed by atoms with van der Waals surface area (Å²) in [5.74, 6) is 0. The second-order valence-electron chi connectivity index (χ2n) is 5.54. The van der Waals surface area contributed by atoms with Gasteiger partial charge in [0.15, 0.2) is 0 Å². The van der Waals surface area contributed by atoms with E-state index in [1.165, 1.54) is 17.4 Å². The Kier molecular flexibility index (Phi) is 2.98. The van der Waals surface area contributed by atoms with Crippen molar-refractivity contribution in [3.63, 3.8) is 0 Å². The third-order valence-electron chi connectivity index (χ3n) is 2.89. The van der Waals surface area contributed by atoms with Gasteiger partial charge in [-0.3, -0.25) is 0 Å². The van der Waals surface area contributed by atoms with Crippen molar-refractivity contribution in [3.8, 4) is 0 Å². The minimum Gasteiger partial charge on any atom is -0.360 e. The Morgan fingerprint density at radius 3 is 2.69 bits per heavy atom. The Labute approximate surface area is 102 Å². The molecule has 0 aliphatic rings. The Morgan fingerprint density at radius 2 is 2.00 bits per heavy atom. The number of para-hydroxylation sites is 1. The van der Waals surface area contributed by atoms with Crippen molar-refractivity contribution < 1.29 is 0 Å². The number of fused-ring (bicyclic) bond motifs is 1. The minimum atomic E-state index is 0.377. The van der Waals surface area contributed by atoms with Gasteiger partial charge in [-0.2, -0.15) is 0 Å². The first-order valence-electron chi connectivity index (χ1n) is 5.72. The van der Waals surface area contributed by atoms with E-state index in [1.807, 2.05) is 12.1 Å². The molecule has 0 saturated heterocycles. The van der Waals surface area contributed by atoms with Gasteiger partial charge in [0.2, 0.25) is 0 Å². The molecule has 16 heavy (non-hydrogen) atoms. The van der Waals surface area contributed by atoms with Crippen LogP contribution in [-0.4, -0.2) is 4.98 Å². The van der Waals surface area contributed by atoms with Crippen molar-refractivity contribution in [1.29, 1.82) is 0 Å². The summed E-state index contributed by atoms with van der Waals surface area (Å²) in [6.45, 7) is 6.82. The van der Waals surface area contributed by atoms with E-state index in [9.17, 15) is 0 Å². The van der Waals surface area contributed by atoms with Gasteiger partial charge in [0.1, 0.15) is 0 Å². The summed E-state index contributed by atoms with van der Waals surface area (Å²) in [7, 11) is 0. The number of nitrogens with one attached hydrogen (secondary N) is 1. The molecule has 0 radical (unpaired) electrons. The first-order valence-corrected chi connectivity index (χ1v) is 6.10. The molecule has 1 aromatic heterocycles. The summed E-state index contributed by atoms with van der Waals surface area (Å²) >= 11 is 6.13. The van der Waals surface area contributed by atoms with Gasteiger partial charge in [-0.15, -0.1) is 0 Å². The summed E-state index contributed by atoms with van der Waals surface area (Å²) in [5, 5.41) is 2.07. The third-order valence-corrected chi connectivity index (χ3v) is 3.21. The molecule has 1 heterocycles. The quantitative estimate of drug-likeness (QED) is 0.770. The summed E-state index contributed by atoms with van der Waals surface area (Å²) < 4.78 is 0. The fraction of sp³-hybridized carbons (Fsp3) is 0.429. The largest absolute Gasteiger partial charge is 0.360 e. The molecule has 1 N–H and O–H groups in total. The fourth-order valence-electron chi connectivity index (χ4n) is 1.89. The molecule has 2 rings (SSSR count). The number of rotatable bonds is 2. The maximum atomic E-state index is 6.13. The first kappa shape index (κ1) is 11.5. The third kappa shape index (κ3) is 2.41. The summed E-state index contributed by atoms with van der Waals surface area (Å²) in [6, 6.07) is 6.07. The molecule has 0 atom stereocenters. The molecule has 1 aromatic carbocycles. The summed E-state index contributed by atoms with van der Waals surface area (Å²) in [4.78, 5) is 3.26. The summed E-state index contributed by atoms with van der Waals surface area (Å²) in [5.41, 5.74) is 2.81. The highest BCUT2D eigenvalue weighted by Crippen LogP contribution is 2.28. The number of hydrogen-bond donors (Lipinski definition) is 1. The van der Waals surface area contributed by atoms with E-state index >= 15 is 0 Å². The standard InChI is InChI=1S/C14H18ClN/c1-14(2,3)8-7-10-9-16-13-11(10)5-4-6-12(13)15/h4-6,9,16H,7-8H2,1-3H3. The molecular formula is C14H18ClN. The van der Waals surface area contributed by atoms with E-state index < -0.39 is 0 Å². The maximum absolute atomic E-state index is 6.13. The average molecular weight is 236 g/mol. The predicted molar refractivity (Wildman–Crippen MR) is 71.1 cm³/mol. The number of aromatic amines is 1. The highest BCUT2D eigenvalue weighted by atomic mass is 35.5. The second-order valence-corrected chi connectivity index (χ2v) is 5.94. The lowest BCUT2D eigenvalue weighted by Gasteiger charge is -2.17. The molecule has 0 spiro atoms. The molecule has 0 aliphatic heterocycles. The molecule has 1 nitrogen and oxygen atoms in total. The second kappa shape index (κ2) is 4.14. The van der Waals surface area contributed by atoms with Gasteiger partial charge < -0.3 is 4.98 Å². The molecule has 0 amide bonds. The smallest absolute Gasteiger partial charge is 0.0647 e. The van der Waals surface area contributed by atoms with Crippen LogP contribution in [0.25, 0.3) is 10.9 Å². The van der Waals surface area contributed by atoms with Crippen molar-refractivity contribution in [3.05, 3.63) is 35.0 Å². The van der Waals surface area contributed by atoms with E-state index in [1.54, 1.807) is 0 Å².